The zero-order chi connectivity index (χ0) is 27.6. The number of carbonyl (C=O) groups excluding carboxylic acids is 1. The lowest BCUT2D eigenvalue weighted by Gasteiger charge is -2.21. The Morgan fingerprint density at radius 2 is 2.16 bits per heavy atom. The van der Waals surface area contributed by atoms with Crippen LogP contribution in [0.3, 0.4) is 0 Å². The molecule has 12 heteroatoms. The van der Waals surface area contributed by atoms with Crippen LogP contribution in [0, 0.1) is 5.82 Å². The molecule has 3 aromatic rings. The molecule has 162 valence electrons. The van der Waals surface area contributed by atoms with Gasteiger partial charge in [-0.1, -0.05) is 0 Å². The summed E-state index contributed by atoms with van der Waals surface area (Å²) in [6, 6.07) is 1.56. The SMILES string of the molecule is [2H]C([2H])([2H])Nc1cc(Nc2cc(F)cc3c2OC([2H])([2H])C([2H])([2H])O3)nc2c(NC(=O)N[C@@H]3C[C@@H]3F)cnn12. The molecule has 1 saturated carbocycles. The zero-order valence-electron chi connectivity index (χ0n) is 22.5. The Bertz CT molecular complexity index is 1440. The predicted molar refractivity (Wildman–Crippen MR) is 109 cm³/mol. The molecule has 0 unspecified atom stereocenters. The second-order valence-electron chi connectivity index (χ2n) is 6.72. The monoisotopic (exact) mass is 438 g/mol. The predicted octanol–water partition coefficient (Wildman–Crippen LogP) is 2.66. The molecule has 3 heterocycles. The van der Waals surface area contributed by atoms with Crippen LogP contribution in [-0.4, -0.2) is 52.9 Å². The Kier molecular flexibility index (Phi) is 3.07. The molecular formula is C19H19F2N7O3. The molecule has 2 aliphatic rings. The number of carbonyl (C=O) groups is 1. The number of nitrogens with zero attached hydrogens (tertiary/aromatic N) is 3. The van der Waals surface area contributed by atoms with Crippen molar-refractivity contribution in [1.82, 2.24) is 19.9 Å². The van der Waals surface area contributed by atoms with Gasteiger partial charge in [-0.05, 0) is 0 Å². The van der Waals surface area contributed by atoms with Crippen molar-refractivity contribution in [2.75, 3.05) is 36.0 Å². The molecular weight excluding hydrogens is 412 g/mol. The number of hydrogen-bond donors (Lipinski definition) is 4. The molecule has 0 saturated heterocycles. The van der Waals surface area contributed by atoms with Crippen molar-refractivity contribution < 1.29 is 32.6 Å². The van der Waals surface area contributed by atoms with Crippen LogP contribution in [0.4, 0.5) is 36.6 Å². The number of ether oxygens (including phenoxy) is 2. The number of benzene rings is 1. The number of amides is 2. The van der Waals surface area contributed by atoms with Crippen LogP contribution in [-0.2, 0) is 0 Å². The Hall–Kier alpha value is -3.83. The number of urea groups is 1. The fourth-order valence-electron chi connectivity index (χ4n) is 2.97. The van der Waals surface area contributed by atoms with Crippen LogP contribution in [0.5, 0.6) is 11.5 Å². The molecule has 0 radical (unpaired) electrons. The summed E-state index contributed by atoms with van der Waals surface area (Å²) in [5.41, 5.74) is -0.245. The quantitative estimate of drug-likeness (QED) is 0.484. The molecule has 1 aliphatic carbocycles. The average Bonchev–Trinajstić information content (AvgIpc) is 3.29. The number of nitrogens with one attached hydrogen (secondary N) is 4. The number of alkyl halides is 1. The van der Waals surface area contributed by atoms with E-state index in [-0.39, 0.29) is 40.8 Å². The normalized spacial score (nSPS) is 26.1. The number of rotatable bonds is 5. The second kappa shape index (κ2) is 7.45. The summed E-state index contributed by atoms with van der Waals surface area (Å²) in [6.07, 6.45) is 0.233. The van der Waals surface area contributed by atoms with E-state index in [1.165, 1.54) is 12.3 Å². The van der Waals surface area contributed by atoms with Crippen molar-refractivity contribution in [2.24, 2.45) is 0 Å². The van der Waals surface area contributed by atoms with Gasteiger partial charge >= 0.3 is 6.03 Å². The molecule has 10 nitrogen and oxygen atoms in total. The summed E-state index contributed by atoms with van der Waals surface area (Å²) in [4.78, 5) is 16.5. The summed E-state index contributed by atoms with van der Waals surface area (Å²) in [6.45, 7) is -8.56. The first-order chi connectivity index (χ1) is 17.6. The third-order valence-electron chi connectivity index (χ3n) is 4.52. The molecule has 2 atom stereocenters. The van der Waals surface area contributed by atoms with Gasteiger partial charge in [-0.25, -0.2) is 18.6 Å². The molecule has 1 aromatic carbocycles. The standard InChI is InChI=1S/C19H19F2N7O3/c1-22-16-7-15(24-12-4-9(20)5-14-17(12)31-3-2-30-14)27-18-13(8-23-28(16)18)26-19(29)25-11-6-10(11)21/h4-5,7-8,10-11,22H,2-3,6H2,1H3,(H,24,27)(H2,25,26,29)/t10-,11+/m0/s1/i1D3,2D2,3D2. The molecule has 5 rings (SSSR count). The van der Waals surface area contributed by atoms with Crippen molar-refractivity contribution in [1.29, 1.82) is 0 Å². The number of hydrogen-bond acceptors (Lipinski definition) is 7. The number of fused-ring (bicyclic) bond motifs is 2. The fourth-order valence-corrected chi connectivity index (χ4v) is 2.97. The lowest BCUT2D eigenvalue weighted by atomic mass is 10.2. The van der Waals surface area contributed by atoms with Gasteiger partial charge in [0.1, 0.15) is 42.4 Å². The third kappa shape index (κ3) is 3.71. The number of anilines is 4. The van der Waals surface area contributed by atoms with E-state index in [0.717, 1.165) is 16.6 Å². The van der Waals surface area contributed by atoms with Gasteiger partial charge in [-0.2, -0.15) is 9.61 Å². The summed E-state index contributed by atoms with van der Waals surface area (Å²) in [5.74, 6) is -1.92. The van der Waals surface area contributed by atoms with Gasteiger partial charge in [0, 0.05) is 35.7 Å². The van der Waals surface area contributed by atoms with Crippen LogP contribution < -0.4 is 30.7 Å². The van der Waals surface area contributed by atoms with E-state index >= 15 is 0 Å². The van der Waals surface area contributed by atoms with E-state index < -0.39 is 49.9 Å². The third-order valence-corrected chi connectivity index (χ3v) is 4.52. The van der Waals surface area contributed by atoms with E-state index in [4.69, 9.17) is 19.1 Å². The first-order valence-corrected chi connectivity index (χ1v) is 8.99. The van der Waals surface area contributed by atoms with Gasteiger partial charge < -0.3 is 30.7 Å². The topological polar surface area (TPSA) is 114 Å². The van der Waals surface area contributed by atoms with E-state index in [9.17, 15) is 13.6 Å². The van der Waals surface area contributed by atoms with E-state index in [1.807, 2.05) is 0 Å². The Morgan fingerprint density at radius 1 is 1.32 bits per heavy atom. The Balaban J connectivity index is 1.53. The Labute approximate surface area is 184 Å². The van der Waals surface area contributed by atoms with Crippen LogP contribution in [0.25, 0.3) is 5.65 Å². The molecule has 1 fully saturated rings. The smallest absolute Gasteiger partial charge is 0.319 e. The number of aromatic nitrogens is 3. The van der Waals surface area contributed by atoms with Gasteiger partial charge in [0.15, 0.2) is 17.1 Å². The first-order valence-electron chi connectivity index (χ1n) is 12.5. The maximum Gasteiger partial charge on any atom is 0.319 e. The second-order valence-corrected chi connectivity index (χ2v) is 6.72. The summed E-state index contributed by atoms with van der Waals surface area (Å²) >= 11 is 0. The molecule has 2 aromatic heterocycles. The van der Waals surface area contributed by atoms with Crippen LogP contribution >= 0.6 is 0 Å². The average molecular weight is 438 g/mol. The van der Waals surface area contributed by atoms with Crippen molar-refractivity contribution >= 4 is 34.7 Å². The summed E-state index contributed by atoms with van der Waals surface area (Å²) in [7, 11) is 0. The maximum atomic E-state index is 14.4. The van der Waals surface area contributed by atoms with Crippen molar-refractivity contribution in [3.8, 4) is 11.5 Å². The zero-order valence-corrected chi connectivity index (χ0v) is 15.5. The molecule has 0 bridgehead atoms. The molecule has 0 spiro atoms. The minimum atomic E-state index is -2.95. The van der Waals surface area contributed by atoms with Gasteiger partial charge in [0.25, 0.3) is 0 Å². The van der Waals surface area contributed by atoms with Gasteiger partial charge in [0.05, 0.1) is 23.4 Å². The van der Waals surface area contributed by atoms with E-state index in [1.54, 1.807) is 0 Å². The summed E-state index contributed by atoms with van der Waals surface area (Å²) in [5, 5.41) is 13.9. The number of halogens is 2. The van der Waals surface area contributed by atoms with Crippen molar-refractivity contribution in [3.63, 3.8) is 0 Å². The van der Waals surface area contributed by atoms with Gasteiger partial charge in [-0.15, -0.1) is 0 Å². The highest BCUT2D eigenvalue weighted by molar-refractivity contribution is 5.93. The lowest BCUT2D eigenvalue weighted by Crippen LogP contribution is -2.31. The minimum Gasteiger partial charge on any atom is -0.486 e. The fraction of sp³-hybridized carbons (Fsp3) is 0.316. The van der Waals surface area contributed by atoms with Crippen LogP contribution in [0.15, 0.2) is 24.4 Å². The van der Waals surface area contributed by atoms with Crippen LogP contribution in [0.2, 0.25) is 0 Å². The van der Waals surface area contributed by atoms with Crippen molar-refractivity contribution in [2.45, 2.75) is 18.6 Å². The highest BCUT2D eigenvalue weighted by Gasteiger charge is 2.38. The molecule has 4 N–H and O–H groups in total. The first kappa shape index (κ1) is 12.8. The largest absolute Gasteiger partial charge is 0.486 e. The van der Waals surface area contributed by atoms with E-state index in [2.05, 4.69) is 31.3 Å². The highest BCUT2D eigenvalue weighted by Crippen LogP contribution is 2.40. The van der Waals surface area contributed by atoms with Crippen molar-refractivity contribution in [3.05, 3.63) is 30.2 Å². The highest BCUT2D eigenvalue weighted by atomic mass is 19.1. The maximum absolute atomic E-state index is 14.4. The molecule has 31 heavy (non-hydrogen) atoms. The summed E-state index contributed by atoms with van der Waals surface area (Å²) < 4.78 is 92.5. The molecule has 2 amide bonds. The van der Waals surface area contributed by atoms with Gasteiger partial charge in [-0.3, -0.25) is 0 Å². The van der Waals surface area contributed by atoms with E-state index in [0.29, 0.717) is 0 Å². The van der Waals surface area contributed by atoms with Crippen LogP contribution in [0.1, 0.15) is 16.0 Å². The van der Waals surface area contributed by atoms with Gasteiger partial charge in [0.2, 0.25) is 0 Å². The minimum absolute atomic E-state index is 0.0289. The lowest BCUT2D eigenvalue weighted by molar-refractivity contribution is 0.172. The molecule has 1 aliphatic heterocycles. The Morgan fingerprint density at radius 3 is 2.97 bits per heavy atom.